The summed E-state index contributed by atoms with van der Waals surface area (Å²) in [6.07, 6.45) is 3.08. The lowest BCUT2D eigenvalue weighted by molar-refractivity contribution is 0.102. The Morgan fingerprint density at radius 3 is 2.89 bits per heavy atom. The number of aromatic nitrogens is 1. The van der Waals surface area contributed by atoms with Crippen LogP contribution in [0.1, 0.15) is 10.4 Å². The first-order valence-corrected chi connectivity index (χ1v) is 6.91. The zero-order chi connectivity index (χ0) is 13.1. The Labute approximate surface area is 126 Å². The number of halogens is 2. The van der Waals surface area contributed by atoms with Gasteiger partial charge in [-0.2, -0.15) is 0 Å². The fourth-order valence-electron chi connectivity index (χ4n) is 1.38. The first kappa shape index (κ1) is 13.3. The average Bonchev–Trinajstić information content (AvgIpc) is 2.35. The van der Waals surface area contributed by atoms with Crippen LogP contribution in [0, 0.1) is 3.57 Å². The highest BCUT2D eigenvalue weighted by Gasteiger charge is 2.11. The highest BCUT2D eigenvalue weighted by Crippen LogP contribution is 2.21. The fraction of sp³-hybridized carbons (Fsp3) is 0. The van der Waals surface area contributed by atoms with Crippen LogP contribution in [-0.4, -0.2) is 10.9 Å². The molecule has 4 nitrogen and oxygen atoms in total. The van der Waals surface area contributed by atoms with E-state index in [2.05, 4.69) is 48.8 Å². The van der Waals surface area contributed by atoms with Gasteiger partial charge in [-0.3, -0.25) is 9.78 Å². The van der Waals surface area contributed by atoms with E-state index in [9.17, 15) is 4.79 Å². The molecule has 3 N–H and O–H groups in total. The molecule has 92 valence electrons. The molecule has 2 rings (SSSR count). The molecule has 1 heterocycles. The van der Waals surface area contributed by atoms with Crippen molar-refractivity contribution in [2.75, 3.05) is 11.1 Å². The molecular weight excluding hydrogens is 409 g/mol. The summed E-state index contributed by atoms with van der Waals surface area (Å²) >= 11 is 5.46. The molecule has 0 atom stereocenters. The molecule has 0 saturated heterocycles. The van der Waals surface area contributed by atoms with Crippen molar-refractivity contribution >= 4 is 55.8 Å². The molecule has 1 aromatic heterocycles. The van der Waals surface area contributed by atoms with Crippen LogP contribution in [0.2, 0.25) is 0 Å². The number of nitrogens with two attached hydrogens (primary N) is 1. The molecular formula is C12H9BrIN3O. The number of hydrogen-bond acceptors (Lipinski definition) is 3. The minimum Gasteiger partial charge on any atom is -0.396 e. The molecule has 0 unspecified atom stereocenters. The minimum atomic E-state index is -0.196. The van der Waals surface area contributed by atoms with E-state index in [0.717, 1.165) is 8.04 Å². The van der Waals surface area contributed by atoms with Crippen molar-refractivity contribution < 1.29 is 4.79 Å². The molecule has 0 aliphatic carbocycles. The summed E-state index contributed by atoms with van der Waals surface area (Å²) in [5.41, 5.74) is 7.33. The lowest BCUT2D eigenvalue weighted by atomic mass is 10.2. The smallest absolute Gasteiger partial charge is 0.256 e. The van der Waals surface area contributed by atoms with Crippen LogP contribution < -0.4 is 11.1 Å². The molecule has 0 bridgehead atoms. The van der Waals surface area contributed by atoms with Crippen LogP contribution in [-0.2, 0) is 0 Å². The molecule has 0 fully saturated rings. The summed E-state index contributed by atoms with van der Waals surface area (Å²) in [7, 11) is 0. The number of nitrogens with zero attached hydrogens (tertiary/aromatic N) is 1. The first-order valence-electron chi connectivity index (χ1n) is 5.04. The van der Waals surface area contributed by atoms with E-state index >= 15 is 0 Å². The summed E-state index contributed by atoms with van der Waals surface area (Å²) in [5.74, 6) is -0.196. The Hall–Kier alpha value is -1.15. The third-order valence-corrected chi connectivity index (χ3v) is 3.71. The van der Waals surface area contributed by atoms with Crippen molar-refractivity contribution in [1.29, 1.82) is 0 Å². The van der Waals surface area contributed by atoms with Crippen LogP contribution in [0.4, 0.5) is 11.4 Å². The number of hydrogen-bond donors (Lipinski definition) is 2. The third-order valence-electron chi connectivity index (χ3n) is 2.27. The van der Waals surface area contributed by atoms with E-state index < -0.39 is 0 Å². The van der Waals surface area contributed by atoms with Gasteiger partial charge in [0.25, 0.3) is 5.91 Å². The van der Waals surface area contributed by atoms with Gasteiger partial charge in [0, 0.05) is 14.2 Å². The second-order valence-corrected chi connectivity index (χ2v) is 5.62. The molecule has 6 heteroatoms. The van der Waals surface area contributed by atoms with E-state index in [1.54, 1.807) is 18.3 Å². The quantitative estimate of drug-likeness (QED) is 0.736. The topological polar surface area (TPSA) is 68.0 Å². The fourth-order valence-corrected chi connectivity index (χ4v) is 2.32. The van der Waals surface area contributed by atoms with E-state index in [1.165, 1.54) is 6.20 Å². The maximum absolute atomic E-state index is 12.1. The van der Waals surface area contributed by atoms with Gasteiger partial charge in [-0.15, -0.1) is 0 Å². The predicted octanol–water partition coefficient (Wildman–Crippen LogP) is 3.28. The number of amides is 1. The molecule has 0 saturated carbocycles. The lowest BCUT2D eigenvalue weighted by Crippen LogP contribution is -2.14. The van der Waals surface area contributed by atoms with Gasteiger partial charge < -0.3 is 11.1 Å². The summed E-state index contributed by atoms with van der Waals surface area (Å²) in [6.45, 7) is 0. The first-order chi connectivity index (χ1) is 8.58. The molecule has 1 amide bonds. The van der Waals surface area contributed by atoms with Crippen LogP contribution in [0.3, 0.4) is 0 Å². The summed E-state index contributed by atoms with van der Waals surface area (Å²) in [5, 5.41) is 2.76. The van der Waals surface area contributed by atoms with Crippen molar-refractivity contribution in [3.8, 4) is 0 Å². The van der Waals surface area contributed by atoms with Gasteiger partial charge in [0.1, 0.15) is 0 Å². The maximum Gasteiger partial charge on any atom is 0.256 e. The maximum atomic E-state index is 12.1. The standard InChI is InChI=1S/C12H9BrIN3O/c13-7-1-2-9(14)8(5-7)12(18)17-11-3-4-16-6-10(11)15/h1-6H,15H2,(H,16,17,18). The summed E-state index contributed by atoms with van der Waals surface area (Å²) < 4.78 is 1.73. The Kier molecular flexibility index (Phi) is 4.18. The predicted molar refractivity (Wildman–Crippen MR) is 83.5 cm³/mol. The van der Waals surface area contributed by atoms with Crippen LogP contribution >= 0.6 is 38.5 Å². The van der Waals surface area contributed by atoms with E-state index in [4.69, 9.17) is 5.73 Å². The molecule has 0 radical (unpaired) electrons. The monoisotopic (exact) mass is 417 g/mol. The van der Waals surface area contributed by atoms with E-state index in [-0.39, 0.29) is 5.91 Å². The molecule has 1 aromatic carbocycles. The number of carbonyl (C=O) groups is 1. The van der Waals surface area contributed by atoms with Gasteiger partial charge in [-0.25, -0.2) is 0 Å². The summed E-state index contributed by atoms with van der Waals surface area (Å²) in [6, 6.07) is 7.20. The van der Waals surface area contributed by atoms with Crippen LogP contribution in [0.5, 0.6) is 0 Å². The highest BCUT2D eigenvalue weighted by atomic mass is 127. The van der Waals surface area contributed by atoms with Crippen molar-refractivity contribution in [1.82, 2.24) is 4.98 Å². The molecule has 0 aliphatic heterocycles. The van der Waals surface area contributed by atoms with Gasteiger partial charge in [0.05, 0.1) is 23.1 Å². The van der Waals surface area contributed by atoms with Crippen LogP contribution in [0.25, 0.3) is 0 Å². The van der Waals surface area contributed by atoms with Gasteiger partial charge in [0.2, 0.25) is 0 Å². The van der Waals surface area contributed by atoms with Gasteiger partial charge in [-0.05, 0) is 46.9 Å². The van der Waals surface area contributed by atoms with Crippen molar-refractivity contribution in [3.05, 3.63) is 50.3 Å². The molecule has 0 spiro atoms. The Morgan fingerprint density at radius 1 is 1.39 bits per heavy atom. The van der Waals surface area contributed by atoms with E-state index in [0.29, 0.717) is 16.9 Å². The largest absolute Gasteiger partial charge is 0.396 e. The SMILES string of the molecule is Nc1cnccc1NC(=O)c1cc(Br)ccc1I. The lowest BCUT2D eigenvalue weighted by Gasteiger charge is -2.09. The average molecular weight is 418 g/mol. The number of nitrogens with one attached hydrogen (secondary N) is 1. The van der Waals surface area contributed by atoms with Gasteiger partial charge >= 0.3 is 0 Å². The number of carbonyl (C=O) groups excluding carboxylic acids is 1. The number of nitrogen functional groups attached to an aromatic ring is 1. The normalized spacial score (nSPS) is 10.1. The van der Waals surface area contributed by atoms with Crippen molar-refractivity contribution in [3.63, 3.8) is 0 Å². The van der Waals surface area contributed by atoms with Gasteiger partial charge in [-0.1, -0.05) is 15.9 Å². The number of pyridine rings is 1. The van der Waals surface area contributed by atoms with Crippen molar-refractivity contribution in [2.45, 2.75) is 0 Å². The second-order valence-electron chi connectivity index (χ2n) is 3.54. The Balaban J connectivity index is 2.28. The number of anilines is 2. The van der Waals surface area contributed by atoms with Gasteiger partial charge in [0.15, 0.2) is 0 Å². The Morgan fingerprint density at radius 2 is 2.17 bits per heavy atom. The molecule has 18 heavy (non-hydrogen) atoms. The zero-order valence-corrected chi connectivity index (χ0v) is 12.9. The highest BCUT2D eigenvalue weighted by molar-refractivity contribution is 14.1. The number of rotatable bonds is 2. The minimum absolute atomic E-state index is 0.196. The second kappa shape index (κ2) is 5.66. The van der Waals surface area contributed by atoms with Crippen molar-refractivity contribution in [2.24, 2.45) is 0 Å². The third kappa shape index (κ3) is 2.99. The molecule has 0 aliphatic rings. The zero-order valence-electron chi connectivity index (χ0n) is 9.15. The number of benzene rings is 1. The van der Waals surface area contributed by atoms with E-state index in [1.807, 2.05) is 12.1 Å². The summed E-state index contributed by atoms with van der Waals surface area (Å²) in [4.78, 5) is 16.0. The molecule has 2 aromatic rings. The van der Waals surface area contributed by atoms with Crippen LogP contribution in [0.15, 0.2) is 41.1 Å². The Bertz CT molecular complexity index is 604.